The predicted octanol–water partition coefficient (Wildman–Crippen LogP) is 4.86. The van der Waals surface area contributed by atoms with Gasteiger partial charge < -0.3 is 15.4 Å². The van der Waals surface area contributed by atoms with Crippen molar-refractivity contribution in [2.75, 3.05) is 10.6 Å². The van der Waals surface area contributed by atoms with E-state index in [9.17, 15) is 4.79 Å². The highest BCUT2D eigenvalue weighted by Gasteiger charge is 2.08. The van der Waals surface area contributed by atoms with Crippen LogP contribution in [0.2, 0.25) is 0 Å². The molecule has 5 nitrogen and oxygen atoms in total. The summed E-state index contributed by atoms with van der Waals surface area (Å²) < 4.78 is 5.60. The molecule has 2 aromatic carbocycles. The number of benzene rings is 2. The molecule has 0 fully saturated rings. The summed E-state index contributed by atoms with van der Waals surface area (Å²) in [6.07, 6.45) is 3.34. The molecule has 132 valence electrons. The first-order valence-corrected chi connectivity index (χ1v) is 8.45. The number of pyridine rings is 1. The third kappa shape index (κ3) is 4.83. The van der Waals surface area contributed by atoms with Crippen LogP contribution in [-0.4, -0.2) is 17.0 Å². The first-order chi connectivity index (χ1) is 12.6. The van der Waals surface area contributed by atoms with Gasteiger partial charge in [0.15, 0.2) is 0 Å². The quantitative estimate of drug-likeness (QED) is 0.668. The summed E-state index contributed by atoms with van der Waals surface area (Å²) in [6.45, 7) is 3.94. The minimum Gasteiger partial charge on any atom is -0.491 e. The maximum absolute atomic E-state index is 12.5. The SMILES string of the molecule is CC(C)Oc1ccc(NC(=O)c2cncc(Nc3ccccc3)c2)cc1. The van der Waals surface area contributed by atoms with Crippen molar-refractivity contribution < 1.29 is 9.53 Å². The van der Waals surface area contributed by atoms with E-state index >= 15 is 0 Å². The van der Waals surface area contributed by atoms with Crippen molar-refractivity contribution >= 4 is 23.0 Å². The number of anilines is 3. The van der Waals surface area contributed by atoms with E-state index in [4.69, 9.17) is 4.74 Å². The lowest BCUT2D eigenvalue weighted by molar-refractivity contribution is 0.102. The minimum atomic E-state index is -0.216. The Morgan fingerprint density at radius 1 is 0.923 bits per heavy atom. The second kappa shape index (κ2) is 8.16. The molecule has 0 radical (unpaired) electrons. The van der Waals surface area contributed by atoms with Crippen LogP contribution in [0.15, 0.2) is 73.1 Å². The molecule has 2 N–H and O–H groups in total. The average Bonchev–Trinajstić information content (AvgIpc) is 2.64. The van der Waals surface area contributed by atoms with Crippen molar-refractivity contribution in [1.29, 1.82) is 0 Å². The molecule has 0 atom stereocenters. The van der Waals surface area contributed by atoms with Gasteiger partial charge in [0.05, 0.1) is 23.6 Å². The smallest absolute Gasteiger partial charge is 0.257 e. The molecule has 1 amide bonds. The number of aromatic nitrogens is 1. The van der Waals surface area contributed by atoms with Gasteiger partial charge in [-0.1, -0.05) is 18.2 Å². The molecular weight excluding hydrogens is 326 g/mol. The summed E-state index contributed by atoms with van der Waals surface area (Å²) in [5, 5.41) is 6.10. The van der Waals surface area contributed by atoms with Crippen LogP contribution >= 0.6 is 0 Å². The zero-order valence-electron chi connectivity index (χ0n) is 14.8. The van der Waals surface area contributed by atoms with Crippen molar-refractivity contribution in [3.63, 3.8) is 0 Å². The zero-order chi connectivity index (χ0) is 18.4. The number of carbonyl (C=O) groups is 1. The summed E-state index contributed by atoms with van der Waals surface area (Å²) in [4.78, 5) is 16.6. The summed E-state index contributed by atoms with van der Waals surface area (Å²) >= 11 is 0. The zero-order valence-corrected chi connectivity index (χ0v) is 14.8. The van der Waals surface area contributed by atoms with E-state index in [2.05, 4.69) is 15.6 Å². The minimum absolute atomic E-state index is 0.112. The average molecular weight is 347 g/mol. The summed E-state index contributed by atoms with van der Waals surface area (Å²) in [7, 11) is 0. The Labute approximate surface area is 153 Å². The van der Waals surface area contributed by atoms with Gasteiger partial charge in [-0.15, -0.1) is 0 Å². The van der Waals surface area contributed by atoms with Crippen molar-refractivity contribution in [1.82, 2.24) is 4.98 Å². The Balaban J connectivity index is 1.67. The van der Waals surface area contributed by atoms with Gasteiger partial charge in [0.1, 0.15) is 5.75 Å². The molecule has 5 heteroatoms. The first kappa shape index (κ1) is 17.5. The summed E-state index contributed by atoms with van der Waals surface area (Å²) in [5.74, 6) is 0.556. The van der Waals surface area contributed by atoms with Gasteiger partial charge in [-0.3, -0.25) is 9.78 Å². The molecule has 0 saturated carbocycles. The van der Waals surface area contributed by atoms with Crippen molar-refractivity contribution in [3.05, 3.63) is 78.6 Å². The topological polar surface area (TPSA) is 63.2 Å². The van der Waals surface area contributed by atoms with E-state index in [0.717, 1.165) is 17.1 Å². The number of carbonyl (C=O) groups excluding carboxylic acids is 1. The molecule has 0 aliphatic carbocycles. The molecule has 0 unspecified atom stereocenters. The Morgan fingerprint density at radius 2 is 1.65 bits per heavy atom. The van der Waals surface area contributed by atoms with Crippen LogP contribution in [-0.2, 0) is 0 Å². The van der Waals surface area contributed by atoms with E-state index in [-0.39, 0.29) is 12.0 Å². The van der Waals surface area contributed by atoms with E-state index in [1.54, 1.807) is 18.5 Å². The van der Waals surface area contributed by atoms with Crippen LogP contribution in [0.5, 0.6) is 5.75 Å². The molecular formula is C21H21N3O2. The lowest BCUT2D eigenvalue weighted by Gasteiger charge is -2.11. The Hall–Kier alpha value is -3.34. The maximum atomic E-state index is 12.5. The number of nitrogens with zero attached hydrogens (tertiary/aromatic N) is 1. The molecule has 0 aliphatic rings. The highest BCUT2D eigenvalue weighted by molar-refractivity contribution is 6.04. The molecule has 0 aliphatic heterocycles. The van der Waals surface area contributed by atoms with Crippen LogP contribution in [0.1, 0.15) is 24.2 Å². The van der Waals surface area contributed by atoms with Crippen molar-refractivity contribution in [3.8, 4) is 5.75 Å². The van der Waals surface area contributed by atoms with Crippen molar-refractivity contribution in [2.24, 2.45) is 0 Å². The van der Waals surface area contributed by atoms with Crippen LogP contribution < -0.4 is 15.4 Å². The maximum Gasteiger partial charge on any atom is 0.257 e. The fraction of sp³-hybridized carbons (Fsp3) is 0.143. The molecule has 0 spiro atoms. The molecule has 3 rings (SSSR count). The second-order valence-electron chi connectivity index (χ2n) is 6.10. The number of nitrogens with one attached hydrogen (secondary N) is 2. The lowest BCUT2D eigenvalue weighted by Crippen LogP contribution is -2.12. The molecule has 0 bridgehead atoms. The largest absolute Gasteiger partial charge is 0.491 e. The number of ether oxygens (including phenoxy) is 1. The van der Waals surface area contributed by atoms with Gasteiger partial charge in [-0.25, -0.2) is 0 Å². The molecule has 1 heterocycles. The monoisotopic (exact) mass is 347 g/mol. The third-order valence-corrected chi connectivity index (χ3v) is 3.55. The molecule has 1 aromatic heterocycles. The van der Waals surface area contributed by atoms with E-state index in [1.807, 2.05) is 68.4 Å². The van der Waals surface area contributed by atoms with Crippen LogP contribution in [0.25, 0.3) is 0 Å². The number of rotatable bonds is 6. The van der Waals surface area contributed by atoms with Gasteiger partial charge in [0.2, 0.25) is 0 Å². The number of hydrogen-bond donors (Lipinski definition) is 2. The summed E-state index contributed by atoms with van der Waals surface area (Å²) in [5.41, 5.74) is 2.87. The van der Waals surface area contributed by atoms with E-state index in [0.29, 0.717) is 11.3 Å². The third-order valence-electron chi connectivity index (χ3n) is 3.55. The fourth-order valence-corrected chi connectivity index (χ4v) is 2.41. The first-order valence-electron chi connectivity index (χ1n) is 8.45. The van der Waals surface area contributed by atoms with Crippen LogP contribution in [0.4, 0.5) is 17.1 Å². The normalized spacial score (nSPS) is 10.4. The van der Waals surface area contributed by atoms with E-state index < -0.39 is 0 Å². The number of para-hydroxylation sites is 1. The van der Waals surface area contributed by atoms with Gasteiger partial charge in [-0.05, 0) is 56.3 Å². The van der Waals surface area contributed by atoms with Gasteiger partial charge in [-0.2, -0.15) is 0 Å². The number of amides is 1. The van der Waals surface area contributed by atoms with E-state index in [1.165, 1.54) is 0 Å². The van der Waals surface area contributed by atoms with Gasteiger partial charge in [0.25, 0.3) is 5.91 Å². The molecule has 3 aromatic rings. The van der Waals surface area contributed by atoms with Gasteiger partial charge >= 0.3 is 0 Å². The highest BCUT2D eigenvalue weighted by Crippen LogP contribution is 2.19. The van der Waals surface area contributed by atoms with Crippen LogP contribution in [0, 0.1) is 0 Å². The predicted molar refractivity (Wildman–Crippen MR) is 104 cm³/mol. The van der Waals surface area contributed by atoms with Crippen LogP contribution in [0.3, 0.4) is 0 Å². The summed E-state index contributed by atoms with van der Waals surface area (Å²) in [6, 6.07) is 18.8. The van der Waals surface area contributed by atoms with Gasteiger partial charge in [0, 0.05) is 17.6 Å². The highest BCUT2D eigenvalue weighted by atomic mass is 16.5. The standard InChI is InChI=1S/C21H21N3O2/c1-15(2)26-20-10-8-18(9-11-20)24-21(25)16-12-19(14-22-13-16)23-17-6-4-3-5-7-17/h3-15,23H,1-2H3,(H,24,25). The van der Waals surface area contributed by atoms with Crippen molar-refractivity contribution in [2.45, 2.75) is 20.0 Å². The lowest BCUT2D eigenvalue weighted by atomic mass is 10.2. The second-order valence-corrected chi connectivity index (χ2v) is 6.10. The Bertz CT molecular complexity index is 862. The molecule has 26 heavy (non-hydrogen) atoms. The Kier molecular flexibility index (Phi) is 5.49. The number of hydrogen-bond acceptors (Lipinski definition) is 4. The Morgan fingerprint density at radius 3 is 2.35 bits per heavy atom. The fourth-order valence-electron chi connectivity index (χ4n) is 2.41. The molecule has 0 saturated heterocycles.